The second-order valence-electron chi connectivity index (χ2n) is 10.0. The Bertz CT molecular complexity index is 1390. The van der Waals surface area contributed by atoms with Crippen LogP contribution in [0.3, 0.4) is 0 Å². The molecule has 0 amide bonds. The molecule has 0 fully saturated rings. The summed E-state index contributed by atoms with van der Waals surface area (Å²) in [5.74, 6) is -1.66. The van der Waals surface area contributed by atoms with Gasteiger partial charge in [0.2, 0.25) is 0 Å². The zero-order chi connectivity index (χ0) is 29.4. The van der Waals surface area contributed by atoms with Gasteiger partial charge in [0, 0.05) is 30.9 Å². The molecule has 0 spiro atoms. The Morgan fingerprint density at radius 2 is 1.80 bits per heavy atom. The fraction of sp³-hybridized carbons (Fsp3) is 0.321. The van der Waals surface area contributed by atoms with Gasteiger partial charge in [0.15, 0.2) is 6.61 Å². The molecule has 0 bridgehead atoms. The van der Waals surface area contributed by atoms with Crippen molar-refractivity contribution in [3.8, 4) is 16.9 Å². The highest BCUT2D eigenvalue weighted by molar-refractivity contribution is 8.22. The van der Waals surface area contributed by atoms with Crippen LogP contribution in [0.15, 0.2) is 65.6 Å². The van der Waals surface area contributed by atoms with Crippen LogP contribution in [0.5, 0.6) is 5.75 Å². The molecule has 12 heteroatoms. The second kappa shape index (κ2) is 11.5. The summed E-state index contributed by atoms with van der Waals surface area (Å²) in [5.41, 5.74) is 1.37. The molecule has 1 heterocycles. The molecule has 0 aliphatic carbocycles. The minimum absolute atomic E-state index is 0.193. The number of anilines is 2. The van der Waals surface area contributed by atoms with Gasteiger partial charge in [-0.2, -0.15) is 13.2 Å². The summed E-state index contributed by atoms with van der Waals surface area (Å²) in [7, 11) is -1.88. The average Bonchev–Trinajstić information content (AvgIpc) is 2.95. The van der Waals surface area contributed by atoms with Crippen LogP contribution in [-0.2, 0) is 0 Å². The van der Waals surface area contributed by atoms with Crippen molar-refractivity contribution in [2.24, 2.45) is 5.92 Å². The fourth-order valence-corrected chi connectivity index (χ4v) is 6.62. The van der Waals surface area contributed by atoms with E-state index < -0.39 is 40.8 Å². The van der Waals surface area contributed by atoms with Crippen molar-refractivity contribution in [3.05, 3.63) is 71.2 Å². The number of halogens is 4. The lowest BCUT2D eigenvalue weighted by atomic mass is 10.0. The number of rotatable bonds is 7. The van der Waals surface area contributed by atoms with Gasteiger partial charge in [-0.15, -0.1) is 10.8 Å². The zero-order valence-electron chi connectivity index (χ0n) is 22.0. The molecule has 0 saturated carbocycles. The minimum atomic E-state index is -4.65. The number of carboxylic acid groups (broad SMARTS) is 1. The van der Waals surface area contributed by atoms with E-state index in [1.54, 1.807) is 17.4 Å². The second-order valence-corrected chi connectivity index (χ2v) is 12.5. The summed E-state index contributed by atoms with van der Waals surface area (Å²) in [6, 6.07) is 16.0. The SMILES string of the molecule is CC(C)CC1CN(c2ccccc2)c2cc(Cl)c(-c3ccc(OCC(F)(F)F)c(C(=O)O)c3)cc2S(O)(O)N1C. The maximum absolute atomic E-state index is 12.7. The number of fused-ring (bicyclic) bond motifs is 1. The highest BCUT2D eigenvalue weighted by Gasteiger charge is 2.38. The van der Waals surface area contributed by atoms with E-state index in [4.69, 9.17) is 16.3 Å². The van der Waals surface area contributed by atoms with Crippen LogP contribution < -0.4 is 9.64 Å². The lowest BCUT2D eigenvalue weighted by Gasteiger charge is -2.43. The standard InChI is InChI=1S/C28H30ClF3N2O5S/c1-17(2)11-20-15-34(19-7-5-4-6-8-19)24-14-23(29)21(13-26(24)40(37,38)33(20)3)18-9-10-25(22(12-18)27(35)36)39-16-28(30,31)32/h4-10,12-14,17,20,37-38H,11,15-16H2,1-3H3,(H,35,36). The van der Waals surface area contributed by atoms with Crippen molar-refractivity contribution in [1.82, 2.24) is 4.31 Å². The Morgan fingerprint density at radius 1 is 1.12 bits per heavy atom. The number of aromatic carboxylic acids is 1. The third-order valence-corrected chi connectivity index (χ3v) is 9.00. The summed E-state index contributed by atoms with van der Waals surface area (Å²) >= 11 is 6.72. The number of para-hydroxylation sites is 1. The molecule has 1 aliphatic heterocycles. The molecule has 7 nitrogen and oxygen atoms in total. The molecule has 216 valence electrons. The van der Waals surface area contributed by atoms with Crippen LogP contribution in [0.25, 0.3) is 11.1 Å². The molecule has 40 heavy (non-hydrogen) atoms. The number of alkyl halides is 3. The van der Waals surface area contributed by atoms with Crippen molar-refractivity contribution in [2.45, 2.75) is 37.4 Å². The van der Waals surface area contributed by atoms with E-state index in [1.165, 1.54) is 12.1 Å². The molecule has 0 radical (unpaired) electrons. The van der Waals surface area contributed by atoms with Crippen molar-refractivity contribution in [3.63, 3.8) is 0 Å². The topological polar surface area (TPSA) is 93.5 Å². The van der Waals surface area contributed by atoms with Crippen LogP contribution >= 0.6 is 22.4 Å². The molecule has 1 aliphatic rings. The molecule has 0 aromatic heterocycles. The summed E-state index contributed by atoms with van der Waals surface area (Å²) in [6.45, 7) is 2.92. The highest BCUT2D eigenvalue weighted by atomic mass is 35.5. The Labute approximate surface area is 237 Å². The molecule has 0 saturated heterocycles. The van der Waals surface area contributed by atoms with Gasteiger partial charge in [-0.25, -0.2) is 9.10 Å². The first kappa shape index (κ1) is 30.0. The van der Waals surface area contributed by atoms with Gasteiger partial charge < -0.3 is 14.7 Å². The molecule has 3 aromatic carbocycles. The largest absolute Gasteiger partial charge is 0.483 e. The molecule has 1 atom stereocenters. The smallest absolute Gasteiger partial charge is 0.422 e. The molecule has 3 N–H and O–H groups in total. The Kier molecular flexibility index (Phi) is 8.63. The zero-order valence-corrected chi connectivity index (χ0v) is 23.6. The van der Waals surface area contributed by atoms with Crippen molar-refractivity contribution >= 4 is 39.7 Å². The van der Waals surface area contributed by atoms with Gasteiger partial charge in [0.05, 0.1) is 15.6 Å². The fourth-order valence-electron chi connectivity index (χ4n) is 4.75. The summed E-state index contributed by atoms with van der Waals surface area (Å²) < 4.78 is 67.5. The van der Waals surface area contributed by atoms with Gasteiger partial charge in [-0.3, -0.25) is 9.11 Å². The predicted molar refractivity (Wildman–Crippen MR) is 151 cm³/mol. The number of nitrogens with zero attached hydrogens (tertiary/aromatic N) is 2. The first-order chi connectivity index (χ1) is 18.7. The molecular formula is C28H30ClF3N2O5S. The van der Waals surface area contributed by atoms with E-state index in [9.17, 15) is 32.2 Å². The Balaban J connectivity index is 1.87. The van der Waals surface area contributed by atoms with Gasteiger partial charge >= 0.3 is 12.1 Å². The highest BCUT2D eigenvalue weighted by Crippen LogP contribution is 2.60. The van der Waals surface area contributed by atoms with Gasteiger partial charge in [-0.05, 0) is 54.3 Å². The molecule has 3 aromatic rings. The van der Waals surface area contributed by atoms with Crippen molar-refractivity contribution in [1.29, 1.82) is 0 Å². The monoisotopic (exact) mass is 598 g/mol. The Morgan fingerprint density at radius 3 is 2.40 bits per heavy atom. The third-order valence-electron chi connectivity index (χ3n) is 6.67. The lowest BCUT2D eigenvalue weighted by Crippen LogP contribution is -2.40. The number of likely N-dealkylation sites (N-methyl/N-ethyl adjacent to an activating group) is 1. The van der Waals surface area contributed by atoms with Gasteiger partial charge in [-0.1, -0.05) is 49.7 Å². The summed E-state index contributed by atoms with van der Waals surface area (Å²) in [5, 5.41) is 9.86. The summed E-state index contributed by atoms with van der Waals surface area (Å²) in [4.78, 5) is 14.1. The maximum Gasteiger partial charge on any atom is 0.422 e. The maximum atomic E-state index is 12.7. The number of benzene rings is 3. The van der Waals surface area contributed by atoms with E-state index in [0.717, 1.165) is 17.8 Å². The van der Waals surface area contributed by atoms with E-state index in [1.807, 2.05) is 35.2 Å². The number of carbonyl (C=O) groups is 1. The van der Waals surface area contributed by atoms with E-state index in [-0.39, 0.29) is 33.0 Å². The van der Waals surface area contributed by atoms with Crippen LogP contribution in [0.4, 0.5) is 24.5 Å². The van der Waals surface area contributed by atoms with Crippen LogP contribution in [0.1, 0.15) is 30.6 Å². The molecule has 4 rings (SSSR count). The number of hydrogen-bond acceptors (Lipinski definition) is 6. The molecular weight excluding hydrogens is 569 g/mol. The van der Waals surface area contributed by atoms with E-state index >= 15 is 0 Å². The first-order valence-electron chi connectivity index (χ1n) is 12.4. The number of hydrogen-bond donors (Lipinski definition) is 3. The van der Waals surface area contributed by atoms with Crippen molar-refractivity contribution < 1.29 is 36.9 Å². The quantitative estimate of drug-likeness (QED) is 0.252. The minimum Gasteiger partial charge on any atom is -0.483 e. The van der Waals surface area contributed by atoms with Crippen LogP contribution in [0, 0.1) is 5.92 Å². The van der Waals surface area contributed by atoms with Gasteiger partial charge in [0.25, 0.3) is 0 Å². The number of carboxylic acids is 1. The first-order valence-corrected chi connectivity index (χ1v) is 14.3. The summed E-state index contributed by atoms with van der Waals surface area (Å²) in [6.07, 6.45) is -3.96. The average molecular weight is 599 g/mol. The lowest BCUT2D eigenvalue weighted by molar-refractivity contribution is -0.153. The third kappa shape index (κ3) is 6.34. The van der Waals surface area contributed by atoms with E-state index in [2.05, 4.69) is 13.8 Å². The van der Waals surface area contributed by atoms with Crippen molar-refractivity contribution in [2.75, 3.05) is 25.1 Å². The number of ether oxygens (including phenoxy) is 1. The Hall–Kier alpha value is -2.96. The van der Waals surface area contributed by atoms with Crippen LogP contribution in [0.2, 0.25) is 5.02 Å². The normalized spacial score (nSPS) is 18.2. The predicted octanol–water partition coefficient (Wildman–Crippen LogP) is 8.17. The molecule has 1 unspecified atom stereocenters. The van der Waals surface area contributed by atoms with Gasteiger partial charge in [0.1, 0.15) is 11.3 Å². The van der Waals surface area contributed by atoms with E-state index in [0.29, 0.717) is 18.7 Å². The van der Waals surface area contributed by atoms with Crippen LogP contribution in [-0.4, -0.2) is 56.9 Å².